The van der Waals surface area contributed by atoms with Gasteiger partial charge in [0.25, 0.3) is 0 Å². The van der Waals surface area contributed by atoms with E-state index < -0.39 is 322 Å². The van der Waals surface area contributed by atoms with Crippen LogP contribution in [0.4, 0.5) is 4.79 Å². The number of urea groups is 1. The molecule has 3 rings (SSSR count). The van der Waals surface area contributed by atoms with Crippen molar-refractivity contribution in [3.05, 3.63) is 59.7 Å². The van der Waals surface area contributed by atoms with Gasteiger partial charge in [-0.1, -0.05) is 52.0 Å². The molecule has 143 heavy (non-hydrogen) atoms. The fourth-order valence-electron chi connectivity index (χ4n) is 13.6. The van der Waals surface area contributed by atoms with Crippen molar-refractivity contribution in [1.82, 2.24) is 111 Å². The molecule has 39 N–H and O–H groups in total. The van der Waals surface area contributed by atoms with Crippen LogP contribution in [-0.2, 0) is 109 Å². The summed E-state index contributed by atoms with van der Waals surface area (Å²) in [6, 6.07) is -21.3. The largest absolute Gasteiger partial charge is 0.508 e. The number of carbonyl (C=O) groups is 21. The van der Waals surface area contributed by atoms with Crippen LogP contribution in [0.1, 0.15) is 111 Å². The Balaban J connectivity index is 1.72. The van der Waals surface area contributed by atoms with E-state index in [0.717, 1.165) is 32.6 Å². The van der Waals surface area contributed by atoms with Gasteiger partial charge in [-0.15, -0.1) is 0 Å². The van der Waals surface area contributed by atoms with Gasteiger partial charge in [0.05, 0.1) is 71.5 Å². The standard InChI is InChI=1S/C85H135N25O33/c1-38(2)26-51(98-75(133)55(33-113)102-69(127)49(12-9-23-90-84(87)88)96-74(132)57(35-115)104-81(139)65(43(8)119)109-68(126)48(86)31-111)73(131)99-52(27-44-15-19-46(120)20-16-44)71(129)94-40(5)66(124)101-54(32-112)76(134)105-58(36-116)82(140)110-25-11-14-60(110)78(136)93-29-61(122)92-30-62(123)107-63(39(3)4)79(137)100-53(28-45-17-21-47(121)22-18-45)72(130)95-41(6)67(125)108-64(42(7)118)80(138)97-50(13-10-24-91-85(89)143)70(128)103-56(34-114)77(135)106-59(37-117)83(141)142/h15-22,38-43,48-60,63-65,111-121H,9-14,23-37,86H2,1-8H3,(H,92,122)(H,93,136)(H,94,129)(H,95,130)(H,96,132)(H,97,138)(H,98,133)(H,99,131)(H,100,137)(H,101,124)(H,102,127)(H,103,128)(H,104,139)(H,105,134)(H,106,135)(H,107,123)(H,108,125)(H,109,126)(H,141,142)(H4,87,88,90)(H3,89,91,143)/t40-,41-,42+,43+,48-,49-,50-,51-,52-,53-,54-,55-,56-,57-,58-,59-,60-,63-,64-,65-/m0/s1. The van der Waals surface area contributed by atoms with Crippen LogP contribution in [0.2, 0.25) is 0 Å². The van der Waals surface area contributed by atoms with Crippen LogP contribution in [0.25, 0.3) is 0 Å². The van der Waals surface area contributed by atoms with Gasteiger partial charge >= 0.3 is 12.0 Å². The number of likely N-dealkylation sites (tertiary alicyclic amines) is 1. The summed E-state index contributed by atoms with van der Waals surface area (Å²) in [5, 5.41) is 174. The van der Waals surface area contributed by atoms with E-state index in [1.165, 1.54) is 62.4 Å². The smallest absolute Gasteiger partial charge is 0.328 e. The van der Waals surface area contributed by atoms with Crippen LogP contribution in [0, 0.1) is 17.2 Å². The van der Waals surface area contributed by atoms with Gasteiger partial charge in [-0.05, 0) is 120 Å². The first-order chi connectivity index (χ1) is 67.3. The molecule has 20 atom stereocenters. The van der Waals surface area contributed by atoms with E-state index in [9.17, 15) is 162 Å². The van der Waals surface area contributed by atoms with Crippen molar-refractivity contribution in [2.24, 2.45) is 29.0 Å². The van der Waals surface area contributed by atoms with Crippen molar-refractivity contribution in [1.29, 1.82) is 5.41 Å². The quantitative estimate of drug-likeness (QED) is 0.0166. The minimum atomic E-state index is -1.93. The molecule has 0 aromatic heterocycles. The lowest BCUT2D eigenvalue weighted by atomic mass is 10.0. The van der Waals surface area contributed by atoms with E-state index in [0.29, 0.717) is 11.1 Å². The number of primary amides is 1. The van der Waals surface area contributed by atoms with Crippen molar-refractivity contribution in [3.63, 3.8) is 0 Å². The van der Waals surface area contributed by atoms with Crippen molar-refractivity contribution >= 4 is 130 Å². The van der Waals surface area contributed by atoms with Gasteiger partial charge in [-0.25, -0.2) is 9.59 Å². The Labute approximate surface area is 819 Å². The minimum absolute atomic E-state index is 0.0287. The summed E-state index contributed by atoms with van der Waals surface area (Å²) in [4.78, 5) is 284. The van der Waals surface area contributed by atoms with Gasteiger partial charge in [0.1, 0.15) is 120 Å². The summed E-state index contributed by atoms with van der Waals surface area (Å²) in [6.07, 6.45) is -4.97. The van der Waals surface area contributed by atoms with Crippen LogP contribution in [0.15, 0.2) is 48.5 Å². The van der Waals surface area contributed by atoms with Crippen molar-refractivity contribution < 1.29 is 162 Å². The van der Waals surface area contributed by atoms with Crippen LogP contribution in [-0.4, -0.2) is 396 Å². The first-order valence-electron chi connectivity index (χ1n) is 45.3. The van der Waals surface area contributed by atoms with Gasteiger partial charge < -0.3 is 190 Å². The topological polar surface area (TPSA) is 947 Å². The van der Waals surface area contributed by atoms with Gasteiger partial charge in [0.15, 0.2) is 5.96 Å². The monoisotopic (exact) mass is 2030 g/mol. The van der Waals surface area contributed by atoms with E-state index in [-0.39, 0.29) is 88.9 Å². The number of aliphatic hydroxyl groups is 9. The fraction of sp³-hybridized carbons (Fsp3) is 0.600. The summed E-state index contributed by atoms with van der Waals surface area (Å²) >= 11 is 0. The summed E-state index contributed by atoms with van der Waals surface area (Å²) in [5.41, 5.74) is 16.6. The highest BCUT2D eigenvalue weighted by molar-refractivity contribution is 6.02. The van der Waals surface area contributed by atoms with Crippen molar-refractivity contribution in [3.8, 4) is 11.5 Å². The van der Waals surface area contributed by atoms with E-state index in [4.69, 9.17) is 22.6 Å². The molecule has 798 valence electrons. The second-order valence-corrected chi connectivity index (χ2v) is 34.1. The van der Waals surface area contributed by atoms with Crippen LogP contribution < -0.4 is 124 Å². The van der Waals surface area contributed by atoms with Gasteiger partial charge in [-0.2, -0.15) is 0 Å². The maximum atomic E-state index is 14.4. The highest BCUT2D eigenvalue weighted by Crippen LogP contribution is 2.21. The number of aliphatic carboxylic acids is 1. The third-order valence-corrected chi connectivity index (χ3v) is 21.6. The molecule has 1 fully saturated rings. The molecular weight excluding hydrogens is 1900 g/mol. The maximum Gasteiger partial charge on any atom is 0.328 e. The molecule has 0 aliphatic carbocycles. The summed E-state index contributed by atoms with van der Waals surface area (Å²) < 4.78 is 0. The zero-order valence-corrected chi connectivity index (χ0v) is 79.8. The lowest BCUT2D eigenvalue weighted by Crippen LogP contribution is -2.62. The molecule has 58 heteroatoms. The van der Waals surface area contributed by atoms with Gasteiger partial charge in [-0.3, -0.25) is 96.5 Å². The Morgan fingerprint density at radius 2 is 0.720 bits per heavy atom. The predicted octanol–water partition coefficient (Wildman–Crippen LogP) is -16.6. The van der Waals surface area contributed by atoms with Crippen molar-refractivity contribution in [2.45, 2.75) is 234 Å². The summed E-state index contributed by atoms with van der Waals surface area (Å²) in [7, 11) is 0. The molecule has 21 amide bonds. The number of aromatic hydroxyl groups is 2. The number of amides is 21. The summed E-state index contributed by atoms with van der Waals surface area (Å²) in [6.45, 7) is 0.942. The summed E-state index contributed by atoms with van der Waals surface area (Å²) in [5.74, 6) is -25.1. The number of hydrogen-bond acceptors (Lipinski definition) is 34. The zero-order chi connectivity index (χ0) is 108. The number of carbonyl (C=O) groups excluding carboxylic acids is 20. The average molecular weight is 2040 g/mol. The van der Waals surface area contributed by atoms with E-state index in [2.05, 4.69) is 101 Å². The maximum absolute atomic E-state index is 14.4. The minimum Gasteiger partial charge on any atom is -0.508 e. The molecule has 0 unspecified atom stereocenters. The molecule has 1 heterocycles. The Morgan fingerprint density at radius 3 is 1.13 bits per heavy atom. The molecule has 1 aliphatic heterocycles. The second kappa shape index (κ2) is 62.0. The molecule has 58 nitrogen and oxygen atoms in total. The lowest BCUT2D eigenvalue weighted by Gasteiger charge is -2.29. The number of nitrogens with zero attached hydrogens (tertiary/aromatic N) is 1. The van der Waals surface area contributed by atoms with Gasteiger partial charge in [0, 0.05) is 32.5 Å². The van der Waals surface area contributed by atoms with E-state index in [1.54, 1.807) is 13.8 Å². The first-order valence-corrected chi connectivity index (χ1v) is 45.3. The Bertz CT molecular complexity index is 4690. The number of phenols is 2. The third-order valence-electron chi connectivity index (χ3n) is 21.6. The molecule has 0 spiro atoms. The number of benzene rings is 2. The molecule has 0 radical (unpaired) electrons. The van der Waals surface area contributed by atoms with Crippen LogP contribution >= 0.6 is 0 Å². The number of carboxylic acids is 1. The molecule has 0 bridgehead atoms. The first kappa shape index (κ1) is 123. The normalized spacial score (nSPS) is 16.2. The SMILES string of the molecule is CC(C)C[C@H](NC(=O)[C@H](CO)NC(=O)[C@H](CCCNC(=N)N)NC(=O)[C@H](CO)NC(=O)[C@@H](NC(=O)[C@@H](N)CO)[C@@H](C)O)C(=O)N[C@@H](Cc1ccc(O)cc1)C(=O)N[C@@H](C)C(=O)N[C@@H](CO)C(=O)N[C@@H](CO)C(=O)N1CCC[C@H]1C(=O)NCC(=O)NCC(=O)N[C@H](C(=O)N[C@@H](Cc1ccc(O)cc1)C(=O)N[C@@H](C)C(=O)N[C@H](C(=O)N[C@@H](CCCNC(N)=O)C(=O)N[C@@H](CO)C(=O)N[C@@H](CO)C(=O)O)[C@@H](C)O)C(C)C. The second-order valence-electron chi connectivity index (χ2n) is 34.1. The molecule has 2 aromatic rings. The number of rotatable bonds is 62. The number of carboxylic acid groups (broad SMARTS) is 1. The van der Waals surface area contributed by atoms with E-state index >= 15 is 0 Å². The Hall–Kier alpha value is -14.4. The van der Waals surface area contributed by atoms with Gasteiger partial charge in [0.2, 0.25) is 112 Å². The number of phenolic OH excluding ortho intramolecular Hbond substituents is 2. The number of nitrogens with two attached hydrogens (primary N) is 3. The van der Waals surface area contributed by atoms with Crippen LogP contribution in [0.5, 0.6) is 11.5 Å². The lowest BCUT2D eigenvalue weighted by molar-refractivity contribution is -0.143. The molecule has 1 aliphatic rings. The predicted molar refractivity (Wildman–Crippen MR) is 495 cm³/mol. The third kappa shape index (κ3) is 42.5. The van der Waals surface area contributed by atoms with E-state index in [1.807, 2.05) is 5.32 Å². The molecule has 1 saturated heterocycles. The Kier molecular flexibility index (Phi) is 53.2. The fourth-order valence-corrected chi connectivity index (χ4v) is 13.6. The Morgan fingerprint density at radius 1 is 0.378 bits per heavy atom. The molecule has 2 aromatic carbocycles. The molecular formula is C85H135N25O33. The number of guanidine groups is 1. The number of aliphatic hydroxyl groups excluding tert-OH is 9. The highest BCUT2D eigenvalue weighted by atomic mass is 16.4. The van der Waals surface area contributed by atoms with Crippen LogP contribution in [0.3, 0.4) is 0 Å². The number of nitrogens with one attached hydrogen (secondary N) is 21. The zero-order valence-electron chi connectivity index (χ0n) is 79.8. The molecule has 0 saturated carbocycles. The average Bonchev–Trinajstić information content (AvgIpc) is 1.71. The highest BCUT2D eigenvalue weighted by Gasteiger charge is 2.43. The number of hydrogen-bond donors (Lipinski definition) is 36. The van der Waals surface area contributed by atoms with Crippen molar-refractivity contribution in [2.75, 3.05) is 79.0 Å².